The number of hydrogen-bond acceptors (Lipinski definition) is 10. The maximum Gasteiger partial charge on any atom is 0.255 e. The van der Waals surface area contributed by atoms with Gasteiger partial charge in [0.2, 0.25) is 11.7 Å². The molecule has 0 spiro atoms. The number of nitrogens with zero attached hydrogens (tertiary/aromatic N) is 2. The van der Waals surface area contributed by atoms with Crippen LogP contribution in [0.1, 0.15) is 22.3 Å². The van der Waals surface area contributed by atoms with Gasteiger partial charge in [-0.25, -0.2) is 0 Å². The van der Waals surface area contributed by atoms with Crippen molar-refractivity contribution in [2.75, 3.05) is 43.7 Å². The molecule has 1 aromatic carbocycles. The predicted octanol–water partition coefficient (Wildman–Crippen LogP) is 0.520. The number of aromatic hydroxyl groups is 1. The molecule has 38 heavy (non-hydrogen) atoms. The summed E-state index contributed by atoms with van der Waals surface area (Å²) in [7, 11) is 6.59. The molecule has 0 fully saturated rings. The van der Waals surface area contributed by atoms with E-state index in [1.165, 1.54) is 11.0 Å². The minimum atomic E-state index is -2.72. The van der Waals surface area contributed by atoms with Gasteiger partial charge in [-0.05, 0) is 44.5 Å². The Hall–Kier alpha value is -3.42. The number of primary amides is 1. The second-order valence-corrected chi connectivity index (χ2v) is 10.7. The lowest BCUT2D eigenvalue weighted by Crippen LogP contribution is -2.63. The summed E-state index contributed by atoms with van der Waals surface area (Å²) < 4.78 is 0. The first kappa shape index (κ1) is 27.6. The van der Waals surface area contributed by atoms with Gasteiger partial charge in [-0.2, -0.15) is 0 Å². The number of nitrogens with two attached hydrogens (primary N) is 1. The van der Waals surface area contributed by atoms with E-state index in [1.807, 2.05) is 0 Å². The number of aliphatic hydroxyl groups is 3. The molecule has 4 rings (SSSR count). The molecule has 0 saturated carbocycles. The summed E-state index contributed by atoms with van der Waals surface area (Å²) >= 11 is 3.03. The molecule has 3 aliphatic carbocycles. The molecular weight excluding hydrogens is 564 g/mol. The molecule has 0 heterocycles. The van der Waals surface area contributed by atoms with Crippen LogP contribution in [0.15, 0.2) is 28.7 Å². The molecule has 0 radical (unpaired) electrons. The molecule has 4 atom stereocenters. The number of Topliss-reactive ketones (excluding diaryl/α,β-unsaturated/α-hetero) is 2. The van der Waals surface area contributed by atoms with Crippen LogP contribution >= 0.6 is 15.9 Å². The molecule has 13 heteroatoms. The number of nitrogens with one attached hydrogen (secondary N) is 1. The number of hydrogen-bond donors (Lipinski definition) is 6. The second-order valence-electron chi connectivity index (χ2n) is 10.2. The Morgan fingerprint density at radius 1 is 1.18 bits per heavy atom. The van der Waals surface area contributed by atoms with E-state index >= 15 is 0 Å². The topological polar surface area (TPSA) is 194 Å². The third kappa shape index (κ3) is 3.79. The van der Waals surface area contributed by atoms with Crippen molar-refractivity contribution < 1.29 is 39.6 Å². The predicted molar refractivity (Wildman–Crippen MR) is 140 cm³/mol. The lowest BCUT2D eigenvalue weighted by Gasteiger charge is -2.50. The van der Waals surface area contributed by atoms with Crippen LogP contribution in [0, 0.1) is 11.8 Å². The third-order valence-electron chi connectivity index (χ3n) is 7.58. The number of benzene rings is 1. The van der Waals surface area contributed by atoms with Gasteiger partial charge in [0.15, 0.2) is 17.1 Å². The SMILES string of the molecule is CN(C)c1cc(NC(=O)CBr)c(O)c2c1CC1CC3[C@H](N(C)C)C(O)=C(C(N)=O)C(=O)C3(O)C(O)=C1C2=O. The van der Waals surface area contributed by atoms with E-state index in [2.05, 4.69) is 21.2 Å². The summed E-state index contributed by atoms with van der Waals surface area (Å²) in [6.07, 6.45) is 0.129. The normalized spacial score (nSPS) is 26.7. The Balaban J connectivity index is 1.97. The van der Waals surface area contributed by atoms with Crippen molar-refractivity contribution in [1.82, 2.24) is 4.90 Å². The lowest BCUT2D eigenvalue weighted by atomic mass is 9.58. The number of alkyl halides is 1. The Morgan fingerprint density at radius 2 is 1.82 bits per heavy atom. The minimum Gasteiger partial charge on any atom is -0.510 e. The Labute approximate surface area is 226 Å². The standard InChI is InChI=1S/C25H29BrN4O8/c1-29(2)13-7-12(28-14(31)8-26)19(32)16-10(13)5-9-6-11-18(30(3)4)21(34)17(24(27)37)23(36)25(11,38)22(35)15(9)20(16)33/h7,9,11,18,32,34-35,38H,5-6,8H2,1-4H3,(H2,27,37)(H,28,31)/t9?,11?,18-,25?/m0/s1. The van der Waals surface area contributed by atoms with Gasteiger partial charge in [0, 0.05) is 31.3 Å². The molecule has 3 aliphatic rings. The minimum absolute atomic E-state index is 0.0124. The summed E-state index contributed by atoms with van der Waals surface area (Å²) in [4.78, 5) is 54.6. The Kier molecular flexibility index (Phi) is 6.83. The molecule has 204 valence electrons. The number of likely N-dealkylation sites (N-methyl/N-ethyl adjacent to an activating group) is 1. The molecule has 3 unspecified atom stereocenters. The van der Waals surface area contributed by atoms with Crippen LogP contribution in [0.25, 0.3) is 0 Å². The fraction of sp³-hybridized carbons (Fsp3) is 0.440. The number of phenols is 1. The van der Waals surface area contributed by atoms with Crippen molar-refractivity contribution in [2.45, 2.75) is 24.5 Å². The average Bonchev–Trinajstić information content (AvgIpc) is 2.82. The van der Waals surface area contributed by atoms with Gasteiger partial charge >= 0.3 is 0 Å². The van der Waals surface area contributed by atoms with Crippen molar-refractivity contribution in [3.63, 3.8) is 0 Å². The molecule has 0 bridgehead atoms. The first-order valence-electron chi connectivity index (χ1n) is 11.7. The van der Waals surface area contributed by atoms with Crippen molar-refractivity contribution in [1.29, 1.82) is 0 Å². The number of rotatable bonds is 5. The van der Waals surface area contributed by atoms with Crippen LogP contribution in [0.4, 0.5) is 11.4 Å². The maximum absolute atomic E-state index is 13.9. The highest BCUT2D eigenvalue weighted by Gasteiger charge is 2.63. The molecule has 0 saturated heterocycles. The number of phenolic OH excluding ortho intramolecular Hbond substituents is 1. The number of carbonyl (C=O) groups is 4. The Bertz CT molecular complexity index is 1350. The van der Waals surface area contributed by atoms with Gasteiger partial charge in [-0.15, -0.1) is 0 Å². The van der Waals surface area contributed by atoms with Crippen LogP contribution in [0.5, 0.6) is 5.75 Å². The van der Waals surface area contributed by atoms with E-state index in [9.17, 15) is 39.6 Å². The van der Waals surface area contributed by atoms with Crippen molar-refractivity contribution in [2.24, 2.45) is 17.6 Å². The van der Waals surface area contributed by atoms with Gasteiger partial charge in [-0.1, -0.05) is 15.9 Å². The van der Waals surface area contributed by atoms with Gasteiger partial charge in [0.05, 0.1) is 22.6 Å². The van der Waals surface area contributed by atoms with E-state index in [1.54, 1.807) is 33.1 Å². The van der Waals surface area contributed by atoms with Gasteiger partial charge in [0.1, 0.15) is 17.1 Å². The molecule has 7 N–H and O–H groups in total. The number of fused-ring (bicyclic) bond motifs is 3. The molecular formula is C25H29BrN4O8. The number of allylic oxidation sites excluding steroid dienone is 1. The number of carbonyl (C=O) groups excluding carboxylic acids is 4. The van der Waals surface area contributed by atoms with Gasteiger partial charge in [-0.3, -0.25) is 24.1 Å². The van der Waals surface area contributed by atoms with Crippen LogP contribution in [0.3, 0.4) is 0 Å². The van der Waals surface area contributed by atoms with Crippen LogP contribution < -0.4 is 16.0 Å². The van der Waals surface area contributed by atoms with E-state index in [4.69, 9.17) is 5.73 Å². The fourth-order valence-corrected chi connectivity index (χ4v) is 6.12. The molecule has 0 aromatic heterocycles. The number of aliphatic hydroxyl groups excluding tert-OH is 2. The highest BCUT2D eigenvalue weighted by atomic mass is 79.9. The van der Waals surface area contributed by atoms with Crippen molar-refractivity contribution in [3.05, 3.63) is 39.9 Å². The maximum atomic E-state index is 13.9. The zero-order chi connectivity index (χ0) is 28.4. The summed E-state index contributed by atoms with van der Waals surface area (Å²) in [5.41, 5.74) is 2.29. The monoisotopic (exact) mass is 592 g/mol. The molecule has 1 aromatic rings. The summed E-state index contributed by atoms with van der Waals surface area (Å²) in [5, 5.41) is 47.4. The van der Waals surface area contributed by atoms with E-state index in [0.29, 0.717) is 11.3 Å². The van der Waals surface area contributed by atoms with E-state index in [0.717, 1.165) is 0 Å². The van der Waals surface area contributed by atoms with Crippen LogP contribution in [-0.2, 0) is 20.8 Å². The number of anilines is 2. The first-order chi connectivity index (χ1) is 17.7. The summed E-state index contributed by atoms with van der Waals surface area (Å²) in [6, 6.07) is 0.472. The van der Waals surface area contributed by atoms with Crippen LogP contribution in [-0.4, -0.2) is 93.9 Å². The zero-order valence-electron chi connectivity index (χ0n) is 21.2. The van der Waals surface area contributed by atoms with Gasteiger partial charge in [0.25, 0.3) is 5.91 Å². The highest BCUT2D eigenvalue weighted by Crippen LogP contribution is 2.53. The number of amides is 2. The first-order valence-corrected chi connectivity index (χ1v) is 12.9. The molecule has 12 nitrogen and oxygen atoms in total. The largest absolute Gasteiger partial charge is 0.510 e. The highest BCUT2D eigenvalue weighted by molar-refractivity contribution is 9.09. The summed E-state index contributed by atoms with van der Waals surface area (Å²) in [5.74, 6) is -7.78. The lowest BCUT2D eigenvalue weighted by molar-refractivity contribution is -0.148. The fourth-order valence-electron chi connectivity index (χ4n) is 5.98. The molecule has 0 aliphatic heterocycles. The number of halogens is 1. The van der Waals surface area contributed by atoms with Crippen molar-refractivity contribution >= 4 is 50.7 Å². The quantitative estimate of drug-likeness (QED) is 0.159. The van der Waals surface area contributed by atoms with E-state index < -0.39 is 69.7 Å². The van der Waals surface area contributed by atoms with Gasteiger partial charge < -0.3 is 36.4 Å². The van der Waals surface area contributed by atoms with E-state index in [-0.39, 0.29) is 35.0 Å². The smallest absolute Gasteiger partial charge is 0.255 e. The zero-order valence-corrected chi connectivity index (χ0v) is 22.8. The van der Waals surface area contributed by atoms with Crippen molar-refractivity contribution in [3.8, 4) is 5.75 Å². The average molecular weight is 593 g/mol. The summed E-state index contributed by atoms with van der Waals surface area (Å²) in [6.45, 7) is 0. The number of ketones is 2. The third-order valence-corrected chi connectivity index (χ3v) is 8.09. The Morgan fingerprint density at radius 3 is 2.34 bits per heavy atom. The second kappa shape index (κ2) is 9.40. The van der Waals surface area contributed by atoms with Crippen LogP contribution in [0.2, 0.25) is 0 Å². The molecule has 2 amide bonds.